The van der Waals surface area contributed by atoms with Crippen molar-refractivity contribution in [2.45, 2.75) is 57.3 Å². The van der Waals surface area contributed by atoms with Gasteiger partial charge < -0.3 is 30.0 Å². The first kappa shape index (κ1) is 27.7. The maximum Gasteiger partial charge on any atom is 0.207 e. The van der Waals surface area contributed by atoms with Crippen LogP contribution in [0.25, 0.3) is 11.2 Å². The molecule has 0 radical (unpaired) electrons. The van der Waals surface area contributed by atoms with Gasteiger partial charge in [0.15, 0.2) is 29.0 Å². The first-order valence-corrected chi connectivity index (χ1v) is 13.7. The lowest BCUT2D eigenvalue weighted by atomic mass is 10.1. The molecule has 41 heavy (non-hydrogen) atoms. The van der Waals surface area contributed by atoms with E-state index in [0.29, 0.717) is 45.9 Å². The molecule has 0 aliphatic carbocycles. The van der Waals surface area contributed by atoms with Crippen LogP contribution < -0.4 is 11.1 Å². The van der Waals surface area contributed by atoms with Crippen molar-refractivity contribution in [3.63, 3.8) is 0 Å². The number of anilines is 2. The van der Waals surface area contributed by atoms with E-state index in [1.165, 1.54) is 6.33 Å². The third-order valence-corrected chi connectivity index (χ3v) is 7.69. The van der Waals surface area contributed by atoms with Crippen LogP contribution in [0.2, 0.25) is 10.0 Å². The average Bonchev–Trinajstić information content (AvgIpc) is 3.58. The number of nitriles is 1. The predicted octanol–water partition coefficient (Wildman–Crippen LogP) is 4.83. The van der Waals surface area contributed by atoms with Crippen LogP contribution in [0.5, 0.6) is 0 Å². The molecule has 2 aliphatic rings. The molecule has 2 saturated heterocycles. The Morgan fingerprint density at radius 3 is 2.59 bits per heavy atom. The molecule has 0 saturated carbocycles. The summed E-state index contributed by atoms with van der Waals surface area (Å²) in [6, 6.07) is 14.8. The minimum Gasteiger partial charge on any atom is -0.382 e. The second kappa shape index (κ2) is 11.1. The van der Waals surface area contributed by atoms with E-state index in [9.17, 15) is 0 Å². The number of aromatic nitrogens is 4. The molecule has 2 aliphatic heterocycles. The summed E-state index contributed by atoms with van der Waals surface area (Å²) in [5.74, 6) is -0.123. The zero-order valence-corrected chi connectivity index (χ0v) is 23.8. The van der Waals surface area contributed by atoms with E-state index in [1.54, 1.807) is 24.3 Å². The van der Waals surface area contributed by atoms with Gasteiger partial charge in [-0.2, -0.15) is 5.26 Å². The number of nitrogens with two attached hydrogens (primary N) is 1. The van der Waals surface area contributed by atoms with Crippen molar-refractivity contribution >= 4 is 46.1 Å². The first-order chi connectivity index (χ1) is 19.7. The van der Waals surface area contributed by atoms with Gasteiger partial charge in [-0.25, -0.2) is 15.0 Å². The van der Waals surface area contributed by atoms with Crippen LogP contribution in [-0.2, 0) is 32.1 Å². The summed E-state index contributed by atoms with van der Waals surface area (Å²) in [7, 11) is 0. The predicted molar refractivity (Wildman–Crippen MR) is 152 cm³/mol. The average molecular weight is 596 g/mol. The van der Waals surface area contributed by atoms with Gasteiger partial charge in [-0.15, -0.1) is 0 Å². The van der Waals surface area contributed by atoms with Gasteiger partial charge in [0, 0.05) is 6.54 Å². The fourth-order valence-corrected chi connectivity index (χ4v) is 5.41. The zero-order valence-electron chi connectivity index (χ0n) is 22.3. The number of hydrogen-bond acceptors (Lipinski definition) is 10. The summed E-state index contributed by atoms with van der Waals surface area (Å²) in [6.07, 6.45) is -0.590. The smallest absolute Gasteiger partial charge is 0.207 e. The van der Waals surface area contributed by atoms with Gasteiger partial charge in [0.25, 0.3) is 0 Å². The lowest BCUT2D eigenvalue weighted by Crippen LogP contribution is -2.32. The van der Waals surface area contributed by atoms with Crippen molar-refractivity contribution in [1.82, 2.24) is 19.5 Å². The molecule has 2 aromatic carbocycles. The van der Waals surface area contributed by atoms with Gasteiger partial charge in [0.2, 0.25) is 5.95 Å². The zero-order chi connectivity index (χ0) is 28.7. The third kappa shape index (κ3) is 5.55. The number of nitrogens with one attached hydrogen (secondary N) is 1. The van der Waals surface area contributed by atoms with Crippen molar-refractivity contribution in [2.24, 2.45) is 0 Å². The Bertz CT molecular complexity index is 1620. The number of ether oxygens (including phenoxy) is 4. The van der Waals surface area contributed by atoms with Crippen LogP contribution in [0.15, 0.2) is 48.8 Å². The van der Waals surface area contributed by atoms with E-state index in [4.69, 9.17) is 58.1 Å². The fourth-order valence-electron chi connectivity index (χ4n) is 5.09. The van der Waals surface area contributed by atoms with Gasteiger partial charge in [-0.1, -0.05) is 41.4 Å². The van der Waals surface area contributed by atoms with Crippen molar-refractivity contribution in [3.8, 4) is 6.07 Å². The molecule has 0 spiro atoms. The van der Waals surface area contributed by atoms with Gasteiger partial charge in [-0.05, 0) is 49.2 Å². The number of nitrogens with zero attached hydrogens (tertiary/aromatic N) is 5. The van der Waals surface area contributed by atoms with E-state index in [-0.39, 0.29) is 12.4 Å². The number of nitrogen functional groups attached to an aromatic ring is 1. The molecule has 212 valence electrons. The van der Waals surface area contributed by atoms with Crippen LogP contribution in [-0.4, -0.2) is 50.2 Å². The molecule has 2 aromatic heterocycles. The summed E-state index contributed by atoms with van der Waals surface area (Å²) in [5.41, 5.74) is 9.54. The minimum absolute atomic E-state index is 0.243. The molecule has 0 bridgehead atoms. The van der Waals surface area contributed by atoms with Crippen LogP contribution in [0.3, 0.4) is 0 Å². The van der Waals surface area contributed by atoms with Crippen molar-refractivity contribution in [2.75, 3.05) is 17.7 Å². The highest BCUT2D eigenvalue weighted by Gasteiger charge is 2.56. The Balaban J connectivity index is 1.27. The van der Waals surface area contributed by atoms with Crippen molar-refractivity contribution in [1.29, 1.82) is 5.26 Å². The lowest BCUT2D eigenvalue weighted by Gasteiger charge is -2.25. The number of hydrogen-bond donors (Lipinski definition) is 2. The molecule has 6 rings (SSSR count). The normalized spacial score (nSPS) is 23.0. The Morgan fingerprint density at radius 1 is 1.07 bits per heavy atom. The van der Waals surface area contributed by atoms with Crippen LogP contribution in [0.1, 0.15) is 36.8 Å². The fraction of sp³-hybridized carbons (Fsp3) is 0.357. The Morgan fingerprint density at radius 2 is 1.83 bits per heavy atom. The highest BCUT2D eigenvalue weighted by Crippen LogP contribution is 2.45. The van der Waals surface area contributed by atoms with E-state index in [0.717, 1.165) is 11.1 Å². The number of halogens is 2. The quantitative estimate of drug-likeness (QED) is 0.290. The monoisotopic (exact) mass is 595 g/mol. The maximum atomic E-state index is 9.03. The van der Waals surface area contributed by atoms with Gasteiger partial charge in [0.1, 0.15) is 24.6 Å². The molecular weight excluding hydrogens is 569 g/mol. The Labute approximate surface area is 246 Å². The molecule has 4 atom stereocenters. The number of rotatable bonds is 8. The number of imidazole rings is 1. The van der Waals surface area contributed by atoms with Crippen LogP contribution in [0.4, 0.5) is 11.8 Å². The van der Waals surface area contributed by atoms with E-state index < -0.39 is 30.3 Å². The summed E-state index contributed by atoms with van der Waals surface area (Å²) in [5, 5.41) is 13.3. The molecule has 2 fully saturated rings. The largest absolute Gasteiger partial charge is 0.382 e. The number of fused-ring (bicyclic) bond motifs is 2. The molecule has 4 aromatic rings. The molecule has 13 heteroatoms. The second-order valence-corrected chi connectivity index (χ2v) is 11.1. The molecular formula is C28H27Cl2N7O4. The van der Waals surface area contributed by atoms with E-state index in [1.807, 2.05) is 36.6 Å². The lowest BCUT2D eigenvalue weighted by molar-refractivity contribution is -0.201. The summed E-state index contributed by atoms with van der Waals surface area (Å²) >= 11 is 12.3. The van der Waals surface area contributed by atoms with Gasteiger partial charge in [-0.3, -0.25) is 4.57 Å². The molecule has 4 heterocycles. The standard InChI is InChI=1S/C28H27Cl2N7O4/c1-28(2)40-22-20(13-38-12-16-5-3-15(10-31)4-6-16)39-26(23(22)41-28)37-25-21(24(32)34-14-35-25)36-27(37)33-11-17-7-8-18(29)19(30)9-17/h3-9,14,20,22-23,26H,11-13H2,1-2H3,(H,33,36)(H2,32,34,35)/t20-,22-,23-,26-/m1/s1. The summed E-state index contributed by atoms with van der Waals surface area (Å²) < 4.78 is 27.0. The Kier molecular flexibility index (Phi) is 7.46. The summed E-state index contributed by atoms with van der Waals surface area (Å²) in [4.78, 5) is 13.3. The molecule has 11 nitrogen and oxygen atoms in total. The topological polar surface area (TPSA) is 142 Å². The molecule has 0 unspecified atom stereocenters. The first-order valence-electron chi connectivity index (χ1n) is 13.0. The number of benzene rings is 2. The highest BCUT2D eigenvalue weighted by atomic mass is 35.5. The van der Waals surface area contributed by atoms with Crippen molar-refractivity contribution in [3.05, 3.63) is 75.5 Å². The van der Waals surface area contributed by atoms with Crippen LogP contribution >= 0.6 is 23.2 Å². The molecule has 0 amide bonds. The second-order valence-electron chi connectivity index (χ2n) is 10.3. The van der Waals surface area contributed by atoms with Crippen LogP contribution in [0, 0.1) is 11.3 Å². The maximum absolute atomic E-state index is 9.03. The SMILES string of the molecule is CC1(C)O[C@@H]2[C@H](O1)[C@@H](COCc1ccc(C#N)cc1)O[C@H]2n1c(NCc2ccc(Cl)c(Cl)c2)nc2c(N)ncnc21. The van der Waals surface area contributed by atoms with E-state index in [2.05, 4.69) is 21.4 Å². The Hall–Kier alpha value is -3.50. The van der Waals surface area contributed by atoms with Gasteiger partial charge >= 0.3 is 0 Å². The minimum atomic E-state index is -0.833. The summed E-state index contributed by atoms with van der Waals surface area (Å²) in [6.45, 7) is 4.74. The van der Waals surface area contributed by atoms with Gasteiger partial charge in [0.05, 0.1) is 34.9 Å². The van der Waals surface area contributed by atoms with Crippen molar-refractivity contribution < 1.29 is 18.9 Å². The van der Waals surface area contributed by atoms with E-state index >= 15 is 0 Å². The third-order valence-electron chi connectivity index (χ3n) is 6.95. The molecule has 3 N–H and O–H groups in total. The highest BCUT2D eigenvalue weighted by molar-refractivity contribution is 6.42.